The van der Waals surface area contributed by atoms with Gasteiger partial charge in [0.1, 0.15) is 17.3 Å². The Kier molecular flexibility index (Phi) is 3.13. The van der Waals surface area contributed by atoms with E-state index in [1.807, 2.05) is 32.0 Å². The molecule has 5 nitrogen and oxygen atoms in total. The second kappa shape index (κ2) is 5.43. The van der Waals surface area contributed by atoms with E-state index in [9.17, 15) is 0 Å². The minimum atomic E-state index is -0.604. The summed E-state index contributed by atoms with van der Waals surface area (Å²) in [5, 5.41) is 12.9. The van der Waals surface area contributed by atoms with Crippen LogP contribution < -0.4 is 5.32 Å². The third-order valence-corrected chi connectivity index (χ3v) is 5.91. The van der Waals surface area contributed by atoms with Crippen molar-refractivity contribution in [2.45, 2.75) is 38.1 Å². The molecule has 0 amide bonds. The molecule has 2 aromatic heterocycles. The number of benzene rings is 2. The van der Waals surface area contributed by atoms with E-state index < -0.39 is 17.2 Å². The first-order valence-corrected chi connectivity index (χ1v) is 9.78. The van der Waals surface area contributed by atoms with E-state index in [-0.39, 0.29) is 11.5 Å². The summed E-state index contributed by atoms with van der Waals surface area (Å²) >= 11 is 0. The van der Waals surface area contributed by atoms with Gasteiger partial charge in [0.2, 0.25) is 0 Å². The first kappa shape index (κ1) is 16.7. The minimum absolute atomic E-state index is 0.0419. The van der Waals surface area contributed by atoms with Crippen molar-refractivity contribution in [3.05, 3.63) is 59.8 Å². The fourth-order valence-corrected chi connectivity index (χ4v) is 4.38. The van der Waals surface area contributed by atoms with Crippen LogP contribution in [0.15, 0.2) is 36.5 Å². The number of para-hydroxylation sites is 1. The largest absolute Gasteiger partial charge is 0.371 e. The number of H-pyrrole nitrogens is 1. The quantitative estimate of drug-likeness (QED) is 0.492. The number of rotatable bonds is 2. The van der Waals surface area contributed by atoms with Gasteiger partial charge in [0.15, 0.2) is 11.6 Å². The molecule has 0 unspecified atom stereocenters. The third kappa shape index (κ3) is 2.24. The summed E-state index contributed by atoms with van der Waals surface area (Å²) in [5.41, 5.74) is 1.29. The van der Waals surface area contributed by atoms with Gasteiger partial charge in [-0.25, -0.2) is 8.78 Å². The lowest BCUT2D eigenvalue weighted by Crippen LogP contribution is -2.36. The Morgan fingerprint density at radius 3 is 2.76 bits per heavy atom. The van der Waals surface area contributed by atoms with E-state index >= 15 is 8.78 Å². The van der Waals surface area contributed by atoms with E-state index in [4.69, 9.17) is 0 Å². The number of fused-ring (bicyclic) bond motifs is 4. The number of anilines is 1. The lowest BCUT2D eigenvalue weighted by atomic mass is 9.95. The van der Waals surface area contributed by atoms with Crippen molar-refractivity contribution in [2.24, 2.45) is 0 Å². The first-order valence-electron chi connectivity index (χ1n) is 9.78. The SMILES string of the molecule is CC1(C)Nc2cc(F)c(-c3cccc4cc[nH]c34)c(F)c2-n2c(C3CC3)nnc21. The molecule has 2 aliphatic rings. The van der Waals surface area contributed by atoms with Crippen molar-refractivity contribution in [3.63, 3.8) is 0 Å². The highest BCUT2D eigenvalue weighted by molar-refractivity contribution is 5.95. The zero-order valence-corrected chi connectivity index (χ0v) is 16.1. The topological polar surface area (TPSA) is 58.5 Å². The molecule has 2 N–H and O–H groups in total. The van der Waals surface area contributed by atoms with Gasteiger partial charge in [0.05, 0.1) is 22.3 Å². The maximum atomic E-state index is 16.0. The monoisotopic (exact) mass is 391 g/mol. The fourth-order valence-electron chi connectivity index (χ4n) is 4.38. The van der Waals surface area contributed by atoms with Gasteiger partial charge in [-0.1, -0.05) is 18.2 Å². The Hall–Kier alpha value is -3.22. The normalized spacial score (nSPS) is 17.1. The van der Waals surface area contributed by atoms with Gasteiger partial charge in [-0.3, -0.25) is 4.57 Å². The number of aromatic nitrogens is 4. The van der Waals surface area contributed by atoms with E-state index in [1.54, 1.807) is 16.8 Å². The number of aromatic amines is 1. The Balaban J connectivity index is 1.68. The second-order valence-corrected chi connectivity index (χ2v) is 8.43. The van der Waals surface area contributed by atoms with Crippen LogP contribution >= 0.6 is 0 Å². The predicted molar refractivity (Wildman–Crippen MR) is 107 cm³/mol. The number of hydrogen-bond donors (Lipinski definition) is 2. The lowest BCUT2D eigenvalue weighted by Gasteiger charge is -2.34. The smallest absolute Gasteiger partial charge is 0.162 e. The van der Waals surface area contributed by atoms with Crippen LogP contribution in [-0.2, 0) is 5.54 Å². The first-order chi connectivity index (χ1) is 14.0. The van der Waals surface area contributed by atoms with Crippen LogP contribution in [0.4, 0.5) is 14.5 Å². The van der Waals surface area contributed by atoms with E-state index in [1.165, 1.54) is 6.07 Å². The molecular formula is C22H19F2N5. The molecule has 0 radical (unpaired) electrons. The maximum absolute atomic E-state index is 16.0. The van der Waals surface area contributed by atoms with Crippen LogP contribution in [0, 0.1) is 11.6 Å². The molecule has 0 atom stereocenters. The summed E-state index contributed by atoms with van der Waals surface area (Å²) in [6.07, 6.45) is 3.80. The average Bonchev–Trinajstić information content (AvgIpc) is 3.21. The predicted octanol–water partition coefficient (Wildman–Crippen LogP) is 5.23. The molecule has 29 heavy (non-hydrogen) atoms. The molecule has 4 aromatic rings. The van der Waals surface area contributed by atoms with Gasteiger partial charge >= 0.3 is 0 Å². The third-order valence-electron chi connectivity index (χ3n) is 5.91. The zero-order chi connectivity index (χ0) is 19.9. The standard InChI is InChI=1S/C22H19F2N5/c1-22(2)21-28-27-20(12-6-7-12)29(21)19-15(26-22)10-14(23)16(17(19)24)13-5-3-4-11-8-9-25-18(11)13/h3-5,8-10,12,25-26H,6-7H2,1-2H3. The summed E-state index contributed by atoms with van der Waals surface area (Å²) in [6.45, 7) is 3.88. The summed E-state index contributed by atoms with van der Waals surface area (Å²) in [7, 11) is 0. The summed E-state index contributed by atoms with van der Waals surface area (Å²) < 4.78 is 33.1. The van der Waals surface area contributed by atoms with Crippen LogP contribution in [-0.4, -0.2) is 19.7 Å². The van der Waals surface area contributed by atoms with E-state index in [0.29, 0.717) is 28.3 Å². The minimum Gasteiger partial charge on any atom is -0.371 e. The number of nitrogens with one attached hydrogen (secondary N) is 2. The molecule has 2 aromatic carbocycles. The van der Waals surface area contributed by atoms with Crippen molar-refractivity contribution >= 4 is 16.6 Å². The fraction of sp³-hybridized carbons (Fsp3) is 0.273. The van der Waals surface area contributed by atoms with Crippen molar-refractivity contribution < 1.29 is 8.78 Å². The van der Waals surface area contributed by atoms with Crippen LogP contribution in [0.3, 0.4) is 0 Å². The molecule has 1 aliphatic carbocycles. The Morgan fingerprint density at radius 2 is 1.97 bits per heavy atom. The Morgan fingerprint density at radius 1 is 1.14 bits per heavy atom. The number of halogens is 2. The molecule has 6 rings (SSSR count). The van der Waals surface area contributed by atoms with Crippen LogP contribution in [0.25, 0.3) is 27.7 Å². The molecule has 3 heterocycles. The van der Waals surface area contributed by atoms with Gasteiger partial charge in [-0.05, 0) is 38.1 Å². The average molecular weight is 391 g/mol. The zero-order valence-electron chi connectivity index (χ0n) is 16.1. The van der Waals surface area contributed by atoms with E-state index in [2.05, 4.69) is 20.5 Å². The summed E-state index contributed by atoms with van der Waals surface area (Å²) in [5.74, 6) is 0.466. The summed E-state index contributed by atoms with van der Waals surface area (Å²) in [4.78, 5) is 3.11. The van der Waals surface area contributed by atoms with E-state index in [0.717, 1.165) is 24.1 Å². The molecule has 1 saturated carbocycles. The highest BCUT2D eigenvalue weighted by Gasteiger charge is 2.41. The molecule has 146 valence electrons. The van der Waals surface area contributed by atoms with Gasteiger partial charge in [0.25, 0.3) is 0 Å². The highest BCUT2D eigenvalue weighted by atomic mass is 19.1. The maximum Gasteiger partial charge on any atom is 0.162 e. The van der Waals surface area contributed by atoms with Crippen LogP contribution in [0.1, 0.15) is 44.3 Å². The molecule has 0 saturated heterocycles. The molecule has 0 spiro atoms. The highest BCUT2D eigenvalue weighted by Crippen LogP contribution is 2.47. The van der Waals surface area contributed by atoms with Crippen LogP contribution in [0.2, 0.25) is 0 Å². The Labute approximate surface area is 165 Å². The number of hydrogen-bond acceptors (Lipinski definition) is 3. The molecule has 0 bridgehead atoms. The van der Waals surface area contributed by atoms with Crippen molar-refractivity contribution in [2.75, 3.05) is 5.32 Å². The van der Waals surface area contributed by atoms with Crippen molar-refractivity contribution in [1.82, 2.24) is 19.7 Å². The van der Waals surface area contributed by atoms with Gasteiger partial charge < -0.3 is 10.3 Å². The number of nitrogens with zero attached hydrogens (tertiary/aromatic N) is 3. The molecular weight excluding hydrogens is 372 g/mol. The van der Waals surface area contributed by atoms with Gasteiger partial charge in [-0.2, -0.15) is 0 Å². The molecule has 1 aliphatic heterocycles. The second-order valence-electron chi connectivity index (χ2n) is 8.43. The van der Waals surface area contributed by atoms with Crippen molar-refractivity contribution in [1.29, 1.82) is 0 Å². The van der Waals surface area contributed by atoms with Gasteiger partial charge in [-0.15, -0.1) is 10.2 Å². The molecule has 7 heteroatoms. The molecule has 1 fully saturated rings. The van der Waals surface area contributed by atoms with Crippen molar-refractivity contribution in [3.8, 4) is 16.8 Å². The Bertz CT molecular complexity index is 1300. The van der Waals surface area contributed by atoms with Crippen LogP contribution in [0.5, 0.6) is 0 Å². The van der Waals surface area contributed by atoms with Gasteiger partial charge in [0, 0.05) is 23.7 Å². The lowest BCUT2D eigenvalue weighted by molar-refractivity contribution is 0.515. The summed E-state index contributed by atoms with van der Waals surface area (Å²) in [6, 6.07) is 8.74.